The zero-order chi connectivity index (χ0) is 11.0. The Morgan fingerprint density at radius 2 is 1.94 bits per heavy atom. The molecule has 0 saturated heterocycles. The fourth-order valence-electron chi connectivity index (χ4n) is 1.87. The highest BCUT2D eigenvalue weighted by molar-refractivity contribution is 5.62. The maximum atomic E-state index is 4.56. The fraction of sp³-hybridized carbons (Fsp3) is 0.0769. The van der Waals surface area contributed by atoms with E-state index < -0.39 is 0 Å². The molecule has 0 atom stereocenters. The number of aryl methyl sites for hydroxylation is 1. The molecule has 0 saturated carbocycles. The van der Waals surface area contributed by atoms with E-state index in [0.29, 0.717) is 0 Å². The van der Waals surface area contributed by atoms with Gasteiger partial charge < -0.3 is 0 Å². The number of aromatic nitrogens is 3. The van der Waals surface area contributed by atoms with E-state index in [1.807, 2.05) is 43.5 Å². The fourth-order valence-corrected chi connectivity index (χ4v) is 1.87. The van der Waals surface area contributed by atoms with E-state index in [0.717, 1.165) is 22.7 Å². The Kier molecular flexibility index (Phi) is 1.96. The van der Waals surface area contributed by atoms with Gasteiger partial charge in [-0.05, 0) is 31.2 Å². The number of hydrogen-bond acceptors (Lipinski definition) is 2. The Morgan fingerprint density at radius 3 is 2.75 bits per heavy atom. The normalized spacial score (nSPS) is 10.8. The van der Waals surface area contributed by atoms with E-state index in [-0.39, 0.29) is 0 Å². The average molecular weight is 209 g/mol. The van der Waals surface area contributed by atoms with Crippen molar-refractivity contribution in [2.45, 2.75) is 6.92 Å². The molecule has 16 heavy (non-hydrogen) atoms. The second-order valence-electron chi connectivity index (χ2n) is 3.69. The van der Waals surface area contributed by atoms with E-state index in [4.69, 9.17) is 0 Å². The predicted octanol–water partition coefficient (Wildman–Crippen LogP) is 2.70. The van der Waals surface area contributed by atoms with Gasteiger partial charge in [0.25, 0.3) is 0 Å². The molecule has 0 spiro atoms. The SMILES string of the molecule is Cc1nc(-c2ccccn2)n2ccccc12. The van der Waals surface area contributed by atoms with E-state index >= 15 is 0 Å². The molecule has 3 nitrogen and oxygen atoms in total. The first kappa shape index (κ1) is 9.09. The average Bonchev–Trinajstić information content (AvgIpc) is 2.69. The summed E-state index contributed by atoms with van der Waals surface area (Å²) in [7, 11) is 0. The summed E-state index contributed by atoms with van der Waals surface area (Å²) in [6.07, 6.45) is 3.80. The van der Waals surface area contributed by atoms with E-state index in [1.54, 1.807) is 6.20 Å². The first-order valence-electron chi connectivity index (χ1n) is 5.21. The highest BCUT2D eigenvalue weighted by Crippen LogP contribution is 2.19. The number of imidazole rings is 1. The highest BCUT2D eigenvalue weighted by Gasteiger charge is 2.09. The number of hydrogen-bond donors (Lipinski definition) is 0. The minimum atomic E-state index is 0.897. The lowest BCUT2D eigenvalue weighted by Gasteiger charge is -1.99. The van der Waals surface area contributed by atoms with Gasteiger partial charge in [-0.1, -0.05) is 12.1 Å². The van der Waals surface area contributed by atoms with Crippen molar-refractivity contribution >= 4 is 5.52 Å². The van der Waals surface area contributed by atoms with Crippen LogP contribution in [0.4, 0.5) is 0 Å². The van der Waals surface area contributed by atoms with Gasteiger partial charge in [0.15, 0.2) is 5.82 Å². The Bertz CT molecular complexity index is 626. The molecule has 3 heteroatoms. The van der Waals surface area contributed by atoms with E-state index in [1.165, 1.54) is 0 Å². The van der Waals surface area contributed by atoms with Gasteiger partial charge in [-0.3, -0.25) is 9.38 Å². The molecule has 0 radical (unpaired) electrons. The predicted molar refractivity (Wildman–Crippen MR) is 63.2 cm³/mol. The van der Waals surface area contributed by atoms with E-state index in [2.05, 4.69) is 20.4 Å². The molecule has 0 aliphatic carbocycles. The van der Waals surface area contributed by atoms with Crippen LogP contribution in [0, 0.1) is 6.92 Å². The van der Waals surface area contributed by atoms with Crippen LogP contribution in [0.1, 0.15) is 5.69 Å². The van der Waals surface area contributed by atoms with Crippen molar-refractivity contribution in [3.05, 3.63) is 54.5 Å². The van der Waals surface area contributed by atoms with Crippen LogP contribution in [0.2, 0.25) is 0 Å². The van der Waals surface area contributed by atoms with Gasteiger partial charge in [-0.15, -0.1) is 0 Å². The van der Waals surface area contributed by atoms with Crippen molar-refractivity contribution in [1.82, 2.24) is 14.4 Å². The summed E-state index contributed by atoms with van der Waals surface area (Å²) < 4.78 is 2.07. The number of nitrogens with zero attached hydrogens (tertiary/aromatic N) is 3. The molecule has 0 fully saturated rings. The minimum absolute atomic E-state index is 0.897. The molecule has 0 aliphatic heterocycles. The molecule has 0 unspecified atom stereocenters. The third-order valence-corrected chi connectivity index (χ3v) is 2.63. The standard InChI is InChI=1S/C13H11N3/c1-10-12-7-3-5-9-16(12)13(15-10)11-6-2-4-8-14-11/h2-9H,1H3. The molecular formula is C13H11N3. The number of fused-ring (bicyclic) bond motifs is 1. The topological polar surface area (TPSA) is 30.2 Å². The van der Waals surface area contributed by atoms with Crippen molar-refractivity contribution in [1.29, 1.82) is 0 Å². The summed E-state index contributed by atoms with van der Waals surface area (Å²) in [6.45, 7) is 2.02. The molecule has 0 N–H and O–H groups in total. The van der Waals surface area contributed by atoms with Gasteiger partial charge in [-0.2, -0.15) is 0 Å². The maximum absolute atomic E-state index is 4.56. The largest absolute Gasteiger partial charge is 0.298 e. The monoisotopic (exact) mass is 209 g/mol. The van der Waals surface area contributed by atoms with Crippen LogP contribution >= 0.6 is 0 Å². The summed E-state index contributed by atoms with van der Waals surface area (Å²) in [4.78, 5) is 8.89. The Morgan fingerprint density at radius 1 is 1.06 bits per heavy atom. The van der Waals surface area contributed by atoms with Gasteiger partial charge in [0.2, 0.25) is 0 Å². The first-order chi connectivity index (χ1) is 7.86. The van der Waals surface area contributed by atoms with Gasteiger partial charge in [-0.25, -0.2) is 4.98 Å². The molecule has 0 aromatic carbocycles. The molecule has 3 rings (SSSR count). The Balaban J connectivity index is 2.33. The van der Waals surface area contributed by atoms with Gasteiger partial charge >= 0.3 is 0 Å². The van der Waals surface area contributed by atoms with Gasteiger partial charge in [0.1, 0.15) is 5.69 Å². The molecule has 3 aromatic rings. The second-order valence-corrected chi connectivity index (χ2v) is 3.69. The van der Waals surface area contributed by atoms with Gasteiger partial charge in [0.05, 0.1) is 11.2 Å². The second kappa shape index (κ2) is 3.45. The van der Waals surface area contributed by atoms with Crippen molar-refractivity contribution < 1.29 is 0 Å². The smallest absolute Gasteiger partial charge is 0.163 e. The zero-order valence-electron chi connectivity index (χ0n) is 8.96. The quantitative estimate of drug-likeness (QED) is 0.616. The molecule has 0 amide bonds. The van der Waals surface area contributed by atoms with Crippen LogP contribution in [0.25, 0.3) is 17.0 Å². The van der Waals surface area contributed by atoms with E-state index in [9.17, 15) is 0 Å². The lowest BCUT2D eigenvalue weighted by molar-refractivity contribution is 1.13. The third kappa shape index (κ3) is 1.29. The lowest BCUT2D eigenvalue weighted by Crippen LogP contribution is -1.90. The Labute approximate surface area is 93.4 Å². The number of pyridine rings is 2. The summed E-state index contributed by atoms with van der Waals surface area (Å²) in [5.74, 6) is 0.897. The van der Waals surface area contributed by atoms with Crippen LogP contribution in [-0.2, 0) is 0 Å². The summed E-state index contributed by atoms with van der Waals surface area (Å²) in [6, 6.07) is 11.9. The first-order valence-corrected chi connectivity index (χ1v) is 5.21. The van der Waals surface area contributed by atoms with Crippen molar-refractivity contribution in [3.8, 4) is 11.5 Å². The lowest BCUT2D eigenvalue weighted by atomic mass is 10.3. The zero-order valence-corrected chi connectivity index (χ0v) is 8.96. The van der Waals surface area contributed by atoms with Crippen LogP contribution in [0.5, 0.6) is 0 Å². The highest BCUT2D eigenvalue weighted by atomic mass is 15.0. The molecule has 0 aliphatic rings. The van der Waals surface area contributed by atoms with Crippen molar-refractivity contribution in [2.75, 3.05) is 0 Å². The summed E-state index contributed by atoms with van der Waals surface area (Å²) >= 11 is 0. The van der Waals surface area contributed by atoms with Crippen molar-refractivity contribution in [3.63, 3.8) is 0 Å². The van der Waals surface area contributed by atoms with Crippen molar-refractivity contribution in [2.24, 2.45) is 0 Å². The van der Waals surface area contributed by atoms with Crippen LogP contribution in [-0.4, -0.2) is 14.4 Å². The molecular weight excluding hydrogens is 198 g/mol. The van der Waals surface area contributed by atoms with Gasteiger partial charge in [0, 0.05) is 12.4 Å². The van der Waals surface area contributed by atoms with Crippen LogP contribution < -0.4 is 0 Å². The molecule has 0 bridgehead atoms. The Hall–Kier alpha value is -2.16. The molecule has 3 aromatic heterocycles. The summed E-state index contributed by atoms with van der Waals surface area (Å²) in [5, 5.41) is 0. The molecule has 3 heterocycles. The minimum Gasteiger partial charge on any atom is -0.298 e. The van der Waals surface area contributed by atoms with Crippen LogP contribution in [0.3, 0.4) is 0 Å². The molecule has 78 valence electrons. The third-order valence-electron chi connectivity index (χ3n) is 2.63. The number of rotatable bonds is 1. The maximum Gasteiger partial charge on any atom is 0.163 e. The summed E-state index contributed by atoms with van der Waals surface area (Å²) in [5.41, 5.74) is 3.06. The van der Waals surface area contributed by atoms with Crippen LogP contribution in [0.15, 0.2) is 48.8 Å².